The van der Waals surface area contributed by atoms with Crippen molar-refractivity contribution < 1.29 is 42.5 Å². The van der Waals surface area contributed by atoms with Crippen molar-refractivity contribution in [3.05, 3.63) is 77.6 Å². The highest BCUT2D eigenvalue weighted by atomic mass is 19.1. The number of piperidine rings is 2. The van der Waals surface area contributed by atoms with Crippen molar-refractivity contribution in [2.24, 2.45) is 29.1 Å². The van der Waals surface area contributed by atoms with Crippen molar-refractivity contribution in [3.63, 3.8) is 0 Å². The van der Waals surface area contributed by atoms with Gasteiger partial charge in [0.1, 0.15) is 48.4 Å². The molecule has 4 saturated heterocycles. The van der Waals surface area contributed by atoms with Crippen LogP contribution in [-0.4, -0.2) is 171 Å². The number of rotatable bonds is 26. The van der Waals surface area contributed by atoms with Gasteiger partial charge in [0.2, 0.25) is 23.6 Å². The molecule has 1 aliphatic carbocycles. The van der Waals surface area contributed by atoms with Crippen molar-refractivity contribution in [3.8, 4) is 0 Å². The number of fused-ring (bicyclic) bond motifs is 1. The molecule has 6 N–H and O–H groups in total. The molecular weight excluding hydrogens is 1010 g/mol. The van der Waals surface area contributed by atoms with E-state index in [-0.39, 0.29) is 59.9 Å². The Kier molecular flexibility index (Phi) is 20.9. The van der Waals surface area contributed by atoms with Gasteiger partial charge in [-0.15, -0.1) is 0 Å². The molecule has 20 heteroatoms. The topological polar surface area (TPSA) is 206 Å². The van der Waals surface area contributed by atoms with Gasteiger partial charge in [-0.2, -0.15) is 0 Å². The van der Waals surface area contributed by atoms with Gasteiger partial charge in [-0.3, -0.25) is 24.1 Å². The minimum atomic E-state index is -1.23. The number of nitrogens with zero attached hydrogens (tertiary/aromatic N) is 6. The molecule has 3 aromatic rings. The number of halogens is 2. The summed E-state index contributed by atoms with van der Waals surface area (Å²) in [5, 5.41) is 25.9. The number of aliphatic hydroxyl groups is 1. The lowest BCUT2D eigenvalue weighted by Crippen LogP contribution is -2.66. The van der Waals surface area contributed by atoms with Crippen LogP contribution >= 0.6 is 0 Å². The average Bonchev–Trinajstić information content (AvgIpc) is 4.10. The van der Waals surface area contributed by atoms with Crippen molar-refractivity contribution in [1.29, 1.82) is 0 Å². The van der Waals surface area contributed by atoms with Gasteiger partial charge in [-0.1, -0.05) is 65.0 Å². The van der Waals surface area contributed by atoms with Gasteiger partial charge >= 0.3 is 0 Å². The summed E-state index contributed by atoms with van der Waals surface area (Å²) in [7, 11) is 0. The summed E-state index contributed by atoms with van der Waals surface area (Å²) in [5.41, 5.74) is 1.18. The molecule has 5 aliphatic rings. The first-order chi connectivity index (χ1) is 37.9. The second-order valence-corrected chi connectivity index (χ2v) is 24.3. The van der Waals surface area contributed by atoms with Gasteiger partial charge in [-0.05, 0) is 112 Å². The Labute approximate surface area is 465 Å². The summed E-state index contributed by atoms with van der Waals surface area (Å²) in [5.74, 6) is 0.168. The lowest BCUT2D eigenvalue weighted by molar-refractivity contribution is -0.136. The number of hydrogen-bond acceptors (Lipinski definition) is 14. The predicted octanol–water partition coefficient (Wildman–Crippen LogP) is 4.90. The third-order valence-electron chi connectivity index (χ3n) is 16.9. The number of carbonyl (C=O) groups is 4. The minimum Gasteiger partial charge on any atom is -0.383 e. The van der Waals surface area contributed by atoms with Crippen LogP contribution in [0.25, 0.3) is 0 Å². The first kappa shape index (κ1) is 59.6. The van der Waals surface area contributed by atoms with E-state index in [0.29, 0.717) is 114 Å². The highest BCUT2D eigenvalue weighted by Gasteiger charge is 2.43. The first-order valence-corrected chi connectivity index (χ1v) is 29.0. The average molecular weight is 1100 g/mol. The summed E-state index contributed by atoms with van der Waals surface area (Å²) in [6.07, 6.45) is 7.13. The molecule has 2 aromatic carbocycles. The molecule has 5 fully saturated rings. The summed E-state index contributed by atoms with van der Waals surface area (Å²) in [6, 6.07) is 13.4. The number of ether oxygens (including phenoxy) is 2. The highest BCUT2D eigenvalue weighted by molar-refractivity contribution is 5.89. The number of aliphatic hydroxyl groups excluding tert-OH is 1. The van der Waals surface area contributed by atoms with Gasteiger partial charge in [-0.25, -0.2) is 18.7 Å². The van der Waals surface area contributed by atoms with Crippen LogP contribution in [0.1, 0.15) is 97.1 Å². The molecule has 4 amide bonds. The van der Waals surface area contributed by atoms with Crippen LogP contribution in [0.4, 0.5) is 26.1 Å². The molecule has 79 heavy (non-hydrogen) atoms. The molecule has 6 atom stereocenters. The van der Waals surface area contributed by atoms with Gasteiger partial charge in [0.25, 0.3) is 0 Å². The van der Waals surface area contributed by atoms with Crippen LogP contribution in [0.3, 0.4) is 0 Å². The van der Waals surface area contributed by atoms with Crippen molar-refractivity contribution in [2.75, 3.05) is 113 Å². The number of aromatic nitrogens is 2. The molecule has 8 rings (SSSR count). The lowest BCUT2D eigenvalue weighted by atomic mass is 9.82. The lowest BCUT2D eigenvalue weighted by Gasteiger charge is -2.48. The molecular formula is C59H87F2N11O7. The standard InChI is InChI=1S/C59H87F2N11O7/c1-40(2)26-49(67-57(77)55(75)41(3)27-42-10-7-6-8-11-42)56(76)64-18-24-78-25-23-70-33-43-28-46(29-44(43)34-70)79-37-54(74)63-17-9-16-62-51-32-52(66-39-65-51)71-21-14-59(15-22-71)38-72(36-53(73)68-59)50-31-47(60)45(30-48(50)61)35-69-19-12-58(4,5)13-20-69/h6-8,10-11,30-32,39-41,43-44,46,49,55,75H,9,12-29,33-38H2,1-5H3,(H,63,74)(H,64,76)(H,67,77)(H,68,73)(H,62,65,66)/t41-,43-,44+,46-,49+,55+/m1/s1. The number of nitrogens with one attached hydrogen (secondary N) is 5. The molecule has 5 heterocycles. The smallest absolute Gasteiger partial charge is 0.249 e. The molecule has 0 unspecified atom stereocenters. The fourth-order valence-electron chi connectivity index (χ4n) is 12.1. The van der Waals surface area contributed by atoms with Gasteiger partial charge in [0.15, 0.2) is 0 Å². The summed E-state index contributed by atoms with van der Waals surface area (Å²) in [4.78, 5) is 69.2. The molecule has 1 saturated carbocycles. The van der Waals surface area contributed by atoms with E-state index in [1.54, 1.807) is 4.90 Å². The Morgan fingerprint density at radius 1 is 0.848 bits per heavy atom. The van der Waals surface area contributed by atoms with Gasteiger partial charge in [0, 0.05) is 83.1 Å². The molecule has 1 aromatic heterocycles. The van der Waals surface area contributed by atoms with Gasteiger partial charge in [0.05, 0.1) is 37.1 Å². The summed E-state index contributed by atoms with van der Waals surface area (Å²) in [6.45, 7) is 18.9. The molecule has 0 radical (unpaired) electrons. The van der Waals surface area contributed by atoms with Crippen molar-refractivity contribution in [2.45, 2.75) is 123 Å². The zero-order valence-electron chi connectivity index (χ0n) is 47.3. The number of likely N-dealkylation sites (tertiary alicyclic amines) is 2. The molecule has 434 valence electrons. The fourth-order valence-corrected chi connectivity index (χ4v) is 12.1. The van der Waals surface area contributed by atoms with Crippen molar-refractivity contribution in [1.82, 2.24) is 41.0 Å². The third-order valence-corrected chi connectivity index (χ3v) is 16.9. The quantitative estimate of drug-likeness (QED) is 0.0593. The number of hydrogen-bond donors (Lipinski definition) is 6. The number of amides is 4. The van der Waals surface area contributed by atoms with E-state index in [4.69, 9.17) is 9.47 Å². The molecule has 1 spiro atoms. The maximum Gasteiger partial charge on any atom is 0.249 e. The Morgan fingerprint density at radius 3 is 2.30 bits per heavy atom. The number of benzene rings is 2. The van der Waals surface area contributed by atoms with E-state index in [1.165, 1.54) is 18.5 Å². The monoisotopic (exact) mass is 1100 g/mol. The normalized spacial score (nSPS) is 22.3. The third kappa shape index (κ3) is 17.2. The number of piperazine rings is 1. The maximum atomic E-state index is 15.7. The largest absolute Gasteiger partial charge is 0.383 e. The van der Waals surface area contributed by atoms with Gasteiger partial charge < -0.3 is 55.9 Å². The Hall–Kier alpha value is -5.54. The van der Waals surface area contributed by atoms with Crippen molar-refractivity contribution >= 4 is 41.0 Å². The highest BCUT2D eigenvalue weighted by Crippen LogP contribution is 2.39. The Balaban J connectivity index is 0.658. The van der Waals surface area contributed by atoms with E-state index in [0.717, 1.165) is 69.8 Å². The first-order valence-electron chi connectivity index (χ1n) is 29.0. The summed E-state index contributed by atoms with van der Waals surface area (Å²) < 4.78 is 43.2. The van der Waals surface area contributed by atoms with E-state index >= 15 is 8.78 Å². The van der Waals surface area contributed by atoms with E-state index in [1.807, 2.05) is 57.2 Å². The van der Waals surface area contributed by atoms with Crippen LogP contribution in [0.15, 0.2) is 54.9 Å². The van der Waals surface area contributed by atoms with Crippen LogP contribution in [0.2, 0.25) is 0 Å². The van der Waals surface area contributed by atoms with Crippen LogP contribution < -0.4 is 36.4 Å². The minimum absolute atomic E-state index is 0.0284. The van der Waals surface area contributed by atoms with E-state index < -0.39 is 35.2 Å². The van der Waals surface area contributed by atoms with Crippen LogP contribution in [0.5, 0.6) is 0 Å². The number of anilines is 3. The molecule has 0 bridgehead atoms. The zero-order chi connectivity index (χ0) is 56.1. The SMILES string of the molecule is CC(C)C[C@H](NC(=O)[C@@H](O)[C@H](C)Cc1ccccc1)C(=O)NCCOCCN1C[C@H]2C[C@@H](OCC(=O)NCCCNc3cc(N4CCC5(CC4)CN(c4cc(F)c(CN6CCC(C)(C)CC6)cc4F)CC(=O)N5)ncn3)C[C@H]2C1. The molecule has 18 nitrogen and oxygen atoms in total. The number of carbonyl (C=O) groups excluding carboxylic acids is 4. The fraction of sp³-hybridized carbons (Fsp3) is 0.661. The van der Waals surface area contributed by atoms with E-state index in [9.17, 15) is 24.3 Å². The predicted molar refractivity (Wildman–Crippen MR) is 300 cm³/mol. The zero-order valence-corrected chi connectivity index (χ0v) is 47.3. The van der Waals surface area contributed by atoms with Crippen LogP contribution in [0, 0.1) is 40.7 Å². The Bertz CT molecular complexity index is 2480. The van der Waals surface area contributed by atoms with E-state index in [2.05, 4.69) is 65.1 Å². The summed E-state index contributed by atoms with van der Waals surface area (Å²) >= 11 is 0. The van der Waals surface area contributed by atoms with Crippen LogP contribution in [-0.2, 0) is 41.6 Å². The second kappa shape index (κ2) is 27.8. The second-order valence-electron chi connectivity index (χ2n) is 24.3. The molecule has 4 aliphatic heterocycles. The maximum absolute atomic E-state index is 15.7. The Morgan fingerprint density at radius 2 is 1.58 bits per heavy atom.